The molecule has 0 aliphatic carbocycles. The van der Waals surface area contributed by atoms with Gasteiger partial charge in [0.2, 0.25) is 0 Å². The van der Waals surface area contributed by atoms with E-state index in [1.54, 1.807) is 0 Å². The number of hydrogen-bond donors (Lipinski definition) is 1. The fourth-order valence-electron chi connectivity index (χ4n) is 1.44. The van der Waals surface area contributed by atoms with Crippen LogP contribution in [0.25, 0.3) is 0 Å². The van der Waals surface area contributed by atoms with Crippen molar-refractivity contribution in [3.8, 4) is 0 Å². The average Bonchev–Trinajstić information content (AvgIpc) is 2.10. The van der Waals surface area contributed by atoms with E-state index in [-0.39, 0.29) is 12.5 Å². The summed E-state index contributed by atoms with van der Waals surface area (Å²) in [4.78, 5) is 0. The third-order valence-electron chi connectivity index (χ3n) is 2.23. The molecule has 0 saturated carbocycles. The number of aliphatic hydroxyl groups is 1. The van der Waals surface area contributed by atoms with Crippen LogP contribution in [0.15, 0.2) is 12.1 Å². The van der Waals surface area contributed by atoms with Gasteiger partial charge < -0.3 is 5.11 Å². The van der Waals surface area contributed by atoms with E-state index in [0.717, 1.165) is 16.1 Å². The van der Waals surface area contributed by atoms with Crippen molar-refractivity contribution in [2.75, 3.05) is 6.61 Å². The Morgan fingerprint density at radius 3 is 2.54 bits per heavy atom. The maximum Gasteiger partial charge on any atom is 0.0497 e. The van der Waals surface area contributed by atoms with Crippen LogP contribution in [0.4, 0.5) is 0 Å². The molecule has 1 atom stereocenters. The molecule has 0 aromatic heterocycles. The monoisotopic (exact) mass is 198 g/mol. The molecule has 0 radical (unpaired) electrons. The Hall–Kier alpha value is -0.530. The third-order valence-corrected chi connectivity index (χ3v) is 2.75. The minimum Gasteiger partial charge on any atom is -0.396 e. The van der Waals surface area contributed by atoms with Crippen LogP contribution in [0.3, 0.4) is 0 Å². The van der Waals surface area contributed by atoms with E-state index >= 15 is 0 Å². The van der Waals surface area contributed by atoms with Gasteiger partial charge in [-0.1, -0.05) is 36.2 Å². The van der Waals surface area contributed by atoms with Crippen molar-refractivity contribution < 1.29 is 5.11 Å². The van der Waals surface area contributed by atoms with Crippen LogP contribution >= 0.6 is 11.6 Å². The van der Waals surface area contributed by atoms with Crippen LogP contribution in [-0.2, 0) is 0 Å². The van der Waals surface area contributed by atoms with Gasteiger partial charge in [-0.25, -0.2) is 0 Å². The fourth-order valence-corrected chi connectivity index (χ4v) is 1.74. The van der Waals surface area contributed by atoms with E-state index in [0.29, 0.717) is 0 Å². The van der Waals surface area contributed by atoms with Crippen LogP contribution in [0.2, 0.25) is 5.02 Å². The molecule has 0 fully saturated rings. The van der Waals surface area contributed by atoms with Gasteiger partial charge in [-0.2, -0.15) is 0 Å². The molecule has 1 unspecified atom stereocenters. The molecular weight excluding hydrogens is 184 g/mol. The van der Waals surface area contributed by atoms with Crippen molar-refractivity contribution in [2.24, 2.45) is 0 Å². The Labute approximate surface area is 84.4 Å². The molecule has 0 amide bonds. The first-order valence-electron chi connectivity index (χ1n) is 4.43. The maximum atomic E-state index is 9.04. The van der Waals surface area contributed by atoms with Crippen molar-refractivity contribution in [1.29, 1.82) is 0 Å². The maximum absolute atomic E-state index is 9.04. The van der Waals surface area contributed by atoms with Crippen molar-refractivity contribution in [2.45, 2.75) is 26.7 Å². The highest BCUT2D eigenvalue weighted by Crippen LogP contribution is 2.28. The van der Waals surface area contributed by atoms with Gasteiger partial charge in [0.15, 0.2) is 0 Å². The highest BCUT2D eigenvalue weighted by Gasteiger charge is 2.10. The van der Waals surface area contributed by atoms with Crippen LogP contribution in [0.5, 0.6) is 0 Å². The van der Waals surface area contributed by atoms with Crippen LogP contribution in [0, 0.1) is 13.8 Å². The second-order valence-electron chi connectivity index (χ2n) is 3.57. The molecule has 0 spiro atoms. The predicted octanol–water partition coefficient (Wildman–Crippen LogP) is 3.05. The minimum atomic E-state index is 0.117. The molecular formula is C11H15ClO. The van der Waals surface area contributed by atoms with Gasteiger partial charge in [0.25, 0.3) is 0 Å². The smallest absolute Gasteiger partial charge is 0.0497 e. The summed E-state index contributed by atoms with van der Waals surface area (Å²) in [6, 6.07) is 4.09. The first-order valence-corrected chi connectivity index (χ1v) is 4.81. The van der Waals surface area contributed by atoms with Gasteiger partial charge in [0.05, 0.1) is 0 Å². The molecule has 2 heteroatoms. The minimum absolute atomic E-state index is 0.117. The Kier molecular flexibility index (Phi) is 3.34. The Morgan fingerprint density at radius 1 is 1.38 bits per heavy atom. The summed E-state index contributed by atoms with van der Waals surface area (Å²) in [5.41, 5.74) is 3.32. The molecule has 0 saturated heterocycles. The molecule has 0 aliphatic heterocycles. The number of aryl methyl sites for hydroxylation is 2. The second-order valence-corrected chi connectivity index (χ2v) is 3.95. The van der Waals surface area contributed by atoms with Gasteiger partial charge in [0.1, 0.15) is 0 Å². The molecule has 0 aliphatic rings. The summed E-state index contributed by atoms with van der Waals surface area (Å²) in [5, 5.41) is 9.82. The molecule has 1 aromatic carbocycles. The lowest BCUT2D eigenvalue weighted by molar-refractivity contribution is 0.273. The standard InChI is InChI=1S/C11H15ClO/c1-7-4-8(2)11(12)10(5-7)9(3)6-13/h4-5,9,13H,6H2,1-3H3. The normalized spacial score (nSPS) is 13.0. The Morgan fingerprint density at radius 2 is 2.00 bits per heavy atom. The molecule has 1 nitrogen and oxygen atoms in total. The quantitative estimate of drug-likeness (QED) is 0.775. The molecule has 1 rings (SSSR count). The van der Waals surface area contributed by atoms with Crippen molar-refractivity contribution in [1.82, 2.24) is 0 Å². The Bertz CT molecular complexity index is 307. The number of halogens is 1. The van der Waals surface area contributed by atoms with E-state index in [2.05, 4.69) is 6.07 Å². The van der Waals surface area contributed by atoms with Crippen LogP contribution in [0.1, 0.15) is 29.5 Å². The van der Waals surface area contributed by atoms with E-state index in [1.807, 2.05) is 26.8 Å². The van der Waals surface area contributed by atoms with Crippen molar-refractivity contribution in [3.05, 3.63) is 33.8 Å². The largest absolute Gasteiger partial charge is 0.396 e. The lowest BCUT2D eigenvalue weighted by Crippen LogP contribution is -2.01. The fraction of sp³-hybridized carbons (Fsp3) is 0.455. The van der Waals surface area contributed by atoms with E-state index < -0.39 is 0 Å². The Balaban J connectivity index is 3.20. The molecule has 1 aromatic rings. The lowest BCUT2D eigenvalue weighted by Gasteiger charge is -2.13. The molecule has 13 heavy (non-hydrogen) atoms. The summed E-state index contributed by atoms with van der Waals surface area (Å²) >= 11 is 6.13. The van der Waals surface area contributed by atoms with Gasteiger partial charge >= 0.3 is 0 Å². The first kappa shape index (κ1) is 10.6. The first-order chi connectivity index (χ1) is 6.06. The van der Waals surface area contributed by atoms with E-state index in [9.17, 15) is 0 Å². The number of benzene rings is 1. The average molecular weight is 199 g/mol. The molecule has 1 N–H and O–H groups in total. The summed E-state index contributed by atoms with van der Waals surface area (Å²) in [6.07, 6.45) is 0. The number of rotatable bonds is 2. The second kappa shape index (κ2) is 4.12. The van der Waals surface area contributed by atoms with Gasteiger partial charge in [-0.05, 0) is 25.0 Å². The summed E-state index contributed by atoms with van der Waals surface area (Å²) < 4.78 is 0. The molecule has 0 bridgehead atoms. The van der Waals surface area contributed by atoms with Crippen LogP contribution < -0.4 is 0 Å². The zero-order valence-corrected chi connectivity index (χ0v) is 9.02. The lowest BCUT2D eigenvalue weighted by atomic mass is 9.97. The third kappa shape index (κ3) is 2.23. The topological polar surface area (TPSA) is 20.2 Å². The number of hydrogen-bond acceptors (Lipinski definition) is 1. The molecule has 0 heterocycles. The van der Waals surface area contributed by atoms with E-state index in [4.69, 9.17) is 16.7 Å². The summed E-state index contributed by atoms with van der Waals surface area (Å²) in [7, 11) is 0. The van der Waals surface area contributed by atoms with Gasteiger partial charge in [-0.15, -0.1) is 0 Å². The van der Waals surface area contributed by atoms with Crippen molar-refractivity contribution >= 4 is 11.6 Å². The molecule has 72 valence electrons. The highest BCUT2D eigenvalue weighted by atomic mass is 35.5. The number of aliphatic hydroxyl groups excluding tert-OH is 1. The SMILES string of the molecule is Cc1cc(C)c(Cl)c(C(C)CO)c1. The summed E-state index contributed by atoms with van der Waals surface area (Å²) in [6.45, 7) is 6.14. The zero-order valence-electron chi connectivity index (χ0n) is 8.26. The zero-order chi connectivity index (χ0) is 10.0. The summed E-state index contributed by atoms with van der Waals surface area (Å²) in [5.74, 6) is 0.117. The van der Waals surface area contributed by atoms with Crippen LogP contribution in [-0.4, -0.2) is 11.7 Å². The highest BCUT2D eigenvalue weighted by molar-refractivity contribution is 6.32. The predicted molar refractivity (Wildman–Crippen MR) is 56.4 cm³/mol. The van der Waals surface area contributed by atoms with Gasteiger partial charge in [-0.3, -0.25) is 0 Å². The van der Waals surface area contributed by atoms with Crippen molar-refractivity contribution in [3.63, 3.8) is 0 Å². The van der Waals surface area contributed by atoms with E-state index in [1.165, 1.54) is 5.56 Å². The van der Waals surface area contributed by atoms with Gasteiger partial charge in [0, 0.05) is 17.5 Å².